The molecule has 24 heavy (non-hydrogen) atoms. The van der Waals surface area contributed by atoms with E-state index in [1.165, 1.54) is 17.8 Å². The summed E-state index contributed by atoms with van der Waals surface area (Å²) in [6.45, 7) is 2.95. The standard InChI is InChI=1S/C15H16FN5O2S/c1-10-3-4-11(7-12(10)16)14-18-13(23-20-14)8-24-15-19-17-9-21(15)5-6-22-2/h3-4,7,9H,5-6,8H2,1-2H3. The highest BCUT2D eigenvalue weighted by Gasteiger charge is 2.12. The first-order valence-electron chi connectivity index (χ1n) is 7.26. The molecule has 3 rings (SSSR count). The van der Waals surface area contributed by atoms with Crippen LogP contribution in [0.25, 0.3) is 11.4 Å². The smallest absolute Gasteiger partial charge is 0.237 e. The predicted octanol–water partition coefficient (Wildman–Crippen LogP) is 2.71. The molecule has 1 aromatic carbocycles. The van der Waals surface area contributed by atoms with Gasteiger partial charge in [0.1, 0.15) is 12.1 Å². The molecule has 0 fully saturated rings. The molecule has 0 aliphatic carbocycles. The van der Waals surface area contributed by atoms with E-state index in [2.05, 4.69) is 20.3 Å². The van der Waals surface area contributed by atoms with Crippen molar-refractivity contribution in [1.82, 2.24) is 24.9 Å². The first-order chi connectivity index (χ1) is 11.7. The van der Waals surface area contributed by atoms with Gasteiger partial charge in [-0.25, -0.2) is 4.39 Å². The van der Waals surface area contributed by atoms with Gasteiger partial charge in [-0.2, -0.15) is 4.98 Å². The minimum absolute atomic E-state index is 0.292. The van der Waals surface area contributed by atoms with E-state index in [-0.39, 0.29) is 5.82 Å². The van der Waals surface area contributed by atoms with Gasteiger partial charge in [-0.1, -0.05) is 29.1 Å². The molecule has 0 aliphatic rings. The molecule has 126 valence electrons. The van der Waals surface area contributed by atoms with Crippen LogP contribution in [-0.2, 0) is 17.0 Å². The Morgan fingerprint density at radius 2 is 2.25 bits per heavy atom. The number of aryl methyl sites for hydroxylation is 1. The van der Waals surface area contributed by atoms with E-state index in [1.54, 1.807) is 32.5 Å². The maximum absolute atomic E-state index is 13.6. The number of hydrogen-bond acceptors (Lipinski definition) is 7. The van der Waals surface area contributed by atoms with E-state index in [4.69, 9.17) is 9.26 Å². The van der Waals surface area contributed by atoms with Gasteiger partial charge in [-0.15, -0.1) is 10.2 Å². The van der Waals surface area contributed by atoms with Crippen molar-refractivity contribution >= 4 is 11.8 Å². The minimum atomic E-state index is -0.292. The molecular weight excluding hydrogens is 333 g/mol. The second-order valence-corrected chi connectivity index (χ2v) is 6.01. The lowest BCUT2D eigenvalue weighted by atomic mass is 10.1. The van der Waals surface area contributed by atoms with Crippen LogP contribution < -0.4 is 0 Å². The number of nitrogens with zero attached hydrogens (tertiary/aromatic N) is 5. The monoisotopic (exact) mass is 349 g/mol. The Morgan fingerprint density at radius 1 is 1.38 bits per heavy atom. The fourth-order valence-corrected chi connectivity index (χ4v) is 2.77. The highest BCUT2D eigenvalue weighted by molar-refractivity contribution is 7.98. The second kappa shape index (κ2) is 7.54. The van der Waals surface area contributed by atoms with Crippen LogP contribution in [0.2, 0.25) is 0 Å². The van der Waals surface area contributed by atoms with Crippen LogP contribution in [0.4, 0.5) is 4.39 Å². The summed E-state index contributed by atoms with van der Waals surface area (Å²) in [4.78, 5) is 4.30. The number of benzene rings is 1. The van der Waals surface area contributed by atoms with Crippen molar-refractivity contribution in [3.63, 3.8) is 0 Å². The zero-order valence-electron chi connectivity index (χ0n) is 13.3. The highest BCUT2D eigenvalue weighted by atomic mass is 32.2. The molecular formula is C15H16FN5O2S. The Kier molecular flexibility index (Phi) is 5.21. The number of halogens is 1. The van der Waals surface area contributed by atoms with Crippen molar-refractivity contribution in [1.29, 1.82) is 0 Å². The molecule has 0 atom stereocenters. The quantitative estimate of drug-likeness (QED) is 0.607. The van der Waals surface area contributed by atoms with Crippen molar-refractivity contribution in [3.05, 3.63) is 41.8 Å². The summed E-state index contributed by atoms with van der Waals surface area (Å²) in [5.41, 5.74) is 1.16. The zero-order chi connectivity index (χ0) is 16.9. The highest BCUT2D eigenvalue weighted by Crippen LogP contribution is 2.23. The Balaban J connectivity index is 1.66. The van der Waals surface area contributed by atoms with Crippen LogP contribution in [0, 0.1) is 12.7 Å². The van der Waals surface area contributed by atoms with Gasteiger partial charge in [-0.3, -0.25) is 0 Å². The lowest BCUT2D eigenvalue weighted by Gasteiger charge is -2.03. The van der Waals surface area contributed by atoms with Gasteiger partial charge < -0.3 is 13.8 Å². The van der Waals surface area contributed by atoms with Gasteiger partial charge in [0.15, 0.2) is 5.16 Å². The molecule has 0 N–H and O–H groups in total. The predicted molar refractivity (Wildman–Crippen MR) is 85.9 cm³/mol. The van der Waals surface area contributed by atoms with Gasteiger partial charge in [0.2, 0.25) is 11.7 Å². The summed E-state index contributed by atoms with van der Waals surface area (Å²) in [7, 11) is 1.64. The third-order valence-corrected chi connectivity index (χ3v) is 4.30. The molecule has 2 aromatic heterocycles. The molecule has 0 amide bonds. The summed E-state index contributed by atoms with van der Waals surface area (Å²) < 4.78 is 25.8. The maximum atomic E-state index is 13.6. The van der Waals surface area contributed by atoms with Crippen molar-refractivity contribution in [2.24, 2.45) is 0 Å². The Labute approximate surface area is 142 Å². The number of rotatable bonds is 7. The Hall–Kier alpha value is -2.26. The average Bonchev–Trinajstić information content (AvgIpc) is 3.22. The summed E-state index contributed by atoms with van der Waals surface area (Å²) in [5, 5.41) is 12.6. The summed E-state index contributed by atoms with van der Waals surface area (Å²) in [6, 6.07) is 4.85. The summed E-state index contributed by atoms with van der Waals surface area (Å²) >= 11 is 1.43. The molecule has 0 aliphatic heterocycles. The number of aromatic nitrogens is 5. The molecule has 2 heterocycles. The van der Waals surface area contributed by atoms with Crippen molar-refractivity contribution < 1.29 is 13.7 Å². The van der Waals surface area contributed by atoms with Gasteiger partial charge in [0.05, 0.1) is 12.4 Å². The van der Waals surface area contributed by atoms with Gasteiger partial charge in [0, 0.05) is 19.2 Å². The third-order valence-electron chi connectivity index (χ3n) is 3.34. The fourth-order valence-electron chi connectivity index (χ4n) is 1.99. The van der Waals surface area contributed by atoms with Gasteiger partial charge in [0.25, 0.3) is 0 Å². The first-order valence-corrected chi connectivity index (χ1v) is 8.24. The molecule has 0 spiro atoms. The van der Waals surface area contributed by atoms with Crippen LogP contribution >= 0.6 is 11.8 Å². The van der Waals surface area contributed by atoms with Gasteiger partial charge in [-0.05, 0) is 18.6 Å². The minimum Gasteiger partial charge on any atom is -0.383 e. The molecule has 9 heteroatoms. The molecule has 0 unspecified atom stereocenters. The molecule has 0 saturated carbocycles. The number of methoxy groups -OCH3 is 1. The van der Waals surface area contributed by atoms with E-state index in [0.29, 0.717) is 41.7 Å². The first kappa shape index (κ1) is 16.6. The SMILES string of the molecule is COCCn1cnnc1SCc1nc(-c2ccc(C)c(F)c2)no1. The van der Waals surface area contributed by atoms with Crippen LogP contribution in [0.3, 0.4) is 0 Å². The average molecular weight is 349 g/mol. The lowest BCUT2D eigenvalue weighted by molar-refractivity contribution is 0.184. The Bertz CT molecular complexity index is 820. The van der Waals surface area contributed by atoms with Crippen LogP contribution in [0.15, 0.2) is 34.2 Å². The van der Waals surface area contributed by atoms with Crippen molar-refractivity contribution in [2.75, 3.05) is 13.7 Å². The van der Waals surface area contributed by atoms with E-state index in [9.17, 15) is 4.39 Å². The molecule has 7 nitrogen and oxygen atoms in total. The Morgan fingerprint density at radius 3 is 3.04 bits per heavy atom. The molecule has 3 aromatic rings. The normalized spacial score (nSPS) is 11.1. The van der Waals surface area contributed by atoms with Crippen LogP contribution in [0.5, 0.6) is 0 Å². The summed E-state index contributed by atoms with van der Waals surface area (Å²) in [6.07, 6.45) is 1.65. The van der Waals surface area contributed by atoms with Gasteiger partial charge >= 0.3 is 0 Å². The van der Waals surface area contributed by atoms with E-state index in [0.717, 1.165) is 5.16 Å². The zero-order valence-corrected chi connectivity index (χ0v) is 14.1. The second-order valence-electron chi connectivity index (χ2n) is 5.06. The maximum Gasteiger partial charge on any atom is 0.237 e. The lowest BCUT2D eigenvalue weighted by Crippen LogP contribution is -2.04. The molecule has 0 radical (unpaired) electrons. The molecule has 0 bridgehead atoms. The van der Waals surface area contributed by atoms with E-state index in [1.807, 2.05) is 4.57 Å². The van der Waals surface area contributed by atoms with Crippen molar-refractivity contribution in [3.8, 4) is 11.4 Å². The van der Waals surface area contributed by atoms with Crippen LogP contribution in [0.1, 0.15) is 11.5 Å². The van der Waals surface area contributed by atoms with E-state index >= 15 is 0 Å². The summed E-state index contributed by atoms with van der Waals surface area (Å²) in [5.74, 6) is 0.967. The number of hydrogen-bond donors (Lipinski definition) is 0. The molecule has 0 saturated heterocycles. The fraction of sp³-hybridized carbons (Fsp3) is 0.333. The third kappa shape index (κ3) is 3.80. The number of thioether (sulfide) groups is 1. The topological polar surface area (TPSA) is 78.9 Å². The van der Waals surface area contributed by atoms with Crippen molar-refractivity contribution in [2.45, 2.75) is 24.4 Å². The number of ether oxygens (including phenoxy) is 1. The van der Waals surface area contributed by atoms with E-state index < -0.39 is 0 Å². The van der Waals surface area contributed by atoms with Crippen LogP contribution in [-0.4, -0.2) is 38.6 Å². The largest absolute Gasteiger partial charge is 0.383 e.